The van der Waals surface area contributed by atoms with E-state index in [4.69, 9.17) is 87.7 Å². The Hall–Kier alpha value is -4.84. The van der Waals surface area contributed by atoms with E-state index in [1.54, 1.807) is 0 Å². The molecule has 628 valence electrons. The van der Waals surface area contributed by atoms with Gasteiger partial charge in [-0.05, 0) is 124 Å². The topological polar surface area (TPSA) is 301 Å². The van der Waals surface area contributed by atoms with E-state index in [0.29, 0.717) is 25.4 Å². The summed E-state index contributed by atoms with van der Waals surface area (Å²) in [6.07, 6.45) is 7.54. The largest absolute Gasteiger partial charge is 1.00 e. The number of nitrogens with two attached hydrogens (primary N) is 1. The van der Waals surface area contributed by atoms with Crippen molar-refractivity contribution in [2.45, 2.75) is 180 Å². The number of aliphatic hydroxyl groups is 1. The van der Waals surface area contributed by atoms with Gasteiger partial charge in [-0.15, -0.1) is 10.2 Å². The second-order valence-corrected chi connectivity index (χ2v) is 27.2. The molecular weight excluding hydrogens is 1860 g/mol. The number of rotatable bonds is 13. The van der Waals surface area contributed by atoms with Gasteiger partial charge < -0.3 is 40.8 Å². The summed E-state index contributed by atoms with van der Waals surface area (Å²) in [5.41, 5.74) is 1.82. The van der Waals surface area contributed by atoms with Crippen LogP contribution in [0.4, 0.5) is 86.3 Å². The number of nitrogen functional groups attached to an aromatic ring is 1. The molecule has 0 atom stereocenters. The Kier molecular flexibility index (Phi) is 48.2. The third-order valence-electron chi connectivity index (χ3n) is 12.9. The van der Waals surface area contributed by atoms with Gasteiger partial charge in [0.2, 0.25) is 11.6 Å². The molecule has 3 aliphatic carbocycles. The van der Waals surface area contributed by atoms with E-state index in [0.717, 1.165) is 4.40 Å². The van der Waals surface area contributed by atoms with Crippen LogP contribution >= 0.6 is 125 Å². The number of hydrogen-bond donors (Lipinski definition) is 4. The van der Waals surface area contributed by atoms with Crippen molar-refractivity contribution in [2.75, 3.05) is 17.3 Å². The van der Waals surface area contributed by atoms with Crippen molar-refractivity contribution in [1.29, 1.82) is 0 Å². The van der Waals surface area contributed by atoms with E-state index in [2.05, 4.69) is 132 Å². The third-order valence-corrected chi connectivity index (χ3v) is 15.3. The van der Waals surface area contributed by atoms with Crippen LogP contribution in [0.15, 0.2) is 82.9 Å². The quantitative estimate of drug-likeness (QED) is 0.0122. The van der Waals surface area contributed by atoms with Crippen molar-refractivity contribution in [2.24, 2.45) is 5.84 Å². The first-order chi connectivity index (χ1) is 48.0. The Morgan fingerprint density at radius 1 is 0.580 bits per heavy atom. The summed E-state index contributed by atoms with van der Waals surface area (Å²) in [5.74, 6) is -12.0. The van der Waals surface area contributed by atoms with Gasteiger partial charge in [-0.25, -0.2) is 94.8 Å². The fourth-order valence-corrected chi connectivity index (χ4v) is 8.40. The maximum absolute atomic E-state index is 14.1. The summed E-state index contributed by atoms with van der Waals surface area (Å²) < 4.78 is 237. The minimum absolute atomic E-state index is 0. The van der Waals surface area contributed by atoms with Crippen LogP contribution in [0.2, 0.25) is 20.6 Å². The molecule has 0 unspecified atom stereocenters. The molecule has 7 aromatic rings. The maximum atomic E-state index is 14.1. The Labute approximate surface area is 711 Å². The van der Waals surface area contributed by atoms with Crippen LogP contribution in [0.3, 0.4) is 0 Å². The second-order valence-electron chi connectivity index (χ2n) is 21.9. The van der Waals surface area contributed by atoms with Gasteiger partial charge in [0.05, 0.1) is 54.8 Å². The molecule has 5 N–H and O–H groups in total. The molecule has 3 saturated carbocycles. The number of hydrogen-bond acceptors (Lipinski definition) is 22. The Bertz CT molecular complexity index is 4020. The molecule has 23 nitrogen and oxygen atoms in total. The molecule has 0 amide bonds. The molecule has 52 heteroatoms. The number of esters is 2. The van der Waals surface area contributed by atoms with Crippen LogP contribution in [0, 0.1) is 17.5 Å². The van der Waals surface area contributed by atoms with Gasteiger partial charge in [0.15, 0.2) is 34.1 Å². The molecule has 1 aliphatic heterocycles. The van der Waals surface area contributed by atoms with Crippen LogP contribution in [0.5, 0.6) is 11.8 Å². The molecule has 0 aromatic carbocycles. The fourth-order valence-electron chi connectivity index (χ4n) is 7.08. The fraction of sp³-hybridized carbons (Fsp3) is 0.483. The van der Waals surface area contributed by atoms with Gasteiger partial charge in [0.25, 0.3) is 29.5 Å². The molecule has 4 fully saturated rings. The Balaban J connectivity index is -0.000000398. The van der Waals surface area contributed by atoms with Crippen molar-refractivity contribution >= 4 is 172 Å². The first-order valence-corrected chi connectivity index (χ1v) is 32.6. The minimum atomic E-state index is -4.54. The van der Waals surface area contributed by atoms with Crippen molar-refractivity contribution in [3.05, 3.63) is 127 Å². The molecule has 4 aliphatic rings. The number of alkyl halides is 18. The van der Waals surface area contributed by atoms with Crippen molar-refractivity contribution in [3.8, 4) is 11.8 Å². The van der Waals surface area contributed by atoms with Gasteiger partial charge in [0, 0.05) is 77.7 Å². The van der Waals surface area contributed by atoms with Gasteiger partial charge in [0.1, 0.15) is 33.5 Å². The average molecular weight is 1930 g/mol. The van der Waals surface area contributed by atoms with Gasteiger partial charge in [-0.1, -0.05) is 91.0 Å². The average Bonchev–Trinajstić information content (AvgIpc) is 1.57. The summed E-state index contributed by atoms with van der Waals surface area (Å²) in [6, 6.07) is 3.65. The molecule has 0 radical (unpaired) electrons. The summed E-state index contributed by atoms with van der Waals surface area (Å²) in [5, 5.41) is 1.27. The van der Waals surface area contributed by atoms with Crippen LogP contribution in [-0.2, 0) is 33.8 Å². The zero-order valence-electron chi connectivity index (χ0n) is 54.6. The number of fused-ring (bicyclic) bond motifs is 1. The predicted molar refractivity (Wildman–Crippen MR) is 392 cm³/mol. The van der Waals surface area contributed by atoms with E-state index < -0.39 is 136 Å². The maximum Gasteiger partial charge on any atom is 1.00 e. The zero-order valence-corrected chi connectivity index (χ0v) is 64.8. The molecule has 112 heavy (non-hydrogen) atoms. The van der Waals surface area contributed by atoms with E-state index in [9.17, 15) is 89.0 Å². The number of aliphatic hydroxyl groups excluding tert-OH is 1. The number of Topliss-reactive ketones (excluding diaryl/α,β-unsaturated/α-hetero) is 1. The third kappa shape index (κ3) is 38.5. The minimum Gasteiger partial charge on any atom is -1.00 e. The number of carbonyl (C=O) groups is 3. The second kappa shape index (κ2) is 47.5. The summed E-state index contributed by atoms with van der Waals surface area (Å²) in [7, 11) is -0.732. The van der Waals surface area contributed by atoms with Crippen molar-refractivity contribution < 1.29 is 149 Å². The number of anilines is 2. The van der Waals surface area contributed by atoms with E-state index >= 15 is 0 Å². The Morgan fingerprint density at radius 2 is 0.982 bits per heavy atom. The molecular formula is C60H71BBr2Cl8F17N14NaO9. The molecule has 0 bridgehead atoms. The van der Waals surface area contributed by atoms with E-state index in [-0.39, 0.29) is 140 Å². The number of aromatic nitrogens is 11. The number of pyridine rings is 3. The first-order valence-electron chi connectivity index (χ1n) is 28.0. The molecule has 1 saturated heterocycles. The van der Waals surface area contributed by atoms with Crippen LogP contribution in [0.1, 0.15) is 118 Å². The normalized spacial score (nSPS) is 15.7. The molecule has 8 heterocycles. The number of carbonyl (C=O) groups excluding carboxylic acids is 3. The summed E-state index contributed by atoms with van der Waals surface area (Å²) in [4.78, 5) is 60.2. The van der Waals surface area contributed by atoms with E-state index in [1.807, 2.05) is 27.7 Å². The smallest absolute Gasteiger partial charge is 1.00 e. The van der Waals surface area contributed by atoms with Gasteiger partial charge >= 0.3 is 70.1 Å². The zero-order chi connectivity index (χ0) is 79.8. The van der Waals surface area contributed by atoms with E-state index in [1.165, 1.54) is 74.0 Å². The summed E-state index contributed by atoms with van der Waals surface area (Å²) >= 11 is 45.1. The standard InChI is InChI=1S/C15H19BF3NO3.C9H7BrF3NO.C7H5Cl2F2N3O.C6H2Cl2F2N4.C5H2BrClFN.C4Cl2F4O3.C4H5ClN4.C4H6F2O.6CH4.Na.H/c1-13(2)14(3,4)23-16(22-13)9-5-11(17)12(20-8-9)21-10-6-15(18,19)7-10;10-5-1-7(11)8(14-4-5)15-6-2-9(12,13)3-6;8-5-2-14-6(3-12-5)13-1-4(15)7(9,10)11;7-3-2-14-4(1-11-3)12-13-5(14)6(8,9)10;6-3-1-4(8)5(7)9-2-3;5-3(7,8)1(11)13-2(12)4(6,9)10;5-3-1-8-4(9-6)2-7-3;5-4(6)1-3(7)2-4;;;;;;;;/h5,8,10H,6-7H2,1-4H3;1,4,6H,2-3H2;2-3H,1H2,(H,13,14);1-2H;1-2H;;1-2H,6H2,(H,8,9);3,7H,1-2H2;6*1H4;;/q;;;;;;;;;;;;;;+1;-1. The molecule has 0 spiro atoms. The van der Waals surface area contributed by atoms with Crippen molar-refractivity contribution in [3.63, 3.8) is 0 Å². The predicted octanol–water partition coefficient (Wildman–Crippen LogP) is 16.3. The van der Waals surface area contributed by atoms with Crippen LogP contribution < -0.4 is 61.1 Å². The first kappa shape index (κ1) is 113. The summed E-state index contributed by atoms with van der Waals surface area (Å²) in [6.45, 7) is 6.94. The molecule has 11 rings (SSSR count). The van der Waals surface area contributed by atoms with Gasteiger partial charge in [-0.2, -0.15) is 35.1 Å². The number of ether oxygens (including phenoxy) is 3. The van der Waals surface area contributed by atoms with Crippen LogP contribution in [-0.4, -0.2) is 154 Å². The number of ketones is 1. The Morgan fingerprint density at radius 3 is 1.32 bits per heavy atom. The molecule has 7 aromatic heterocycles. The number of hydrazine groups is 1. The van der Waals surface area contributed by atoms with Crippen LogP contribution in [0.25, 0.3) is 5.65 Å². The number of nitrogens with one attached hydrogen (secondary N) is 2. The SMILES string of the molecule is C.C.C.C.C.C.CC1(C)OB(c2cnc(OC3CC(F)(F)C3)c(F)c2)OC1(C)C.FC(F)(Cl)c1nnc2cnc(Cl)cn12.Fc1cc(Br)cnc1Cl.Fc1cc(Br)cnc1OC1CC(F)(F)C1.NNc1cnc(Cl)cn1.O=C(CNc1cnc(Cl)cn1)C(F)(F)Cl.O=C(OC(=O)C(F)(F)Cl)C(F)(F)Cl.OC1CC(F)(F)C1.[H-].[Na+]. The number of nitrogens with zero attached hydrogens (tertiary/aromatic N) is 11. The van der Waals surface area contributed by atoms with Crippen molar-refractivity contribution in [1.82, 2.24) is 54.5 Å². The monoisotopic (exact) mass is 1930 g/mol. The van der Waals surface area contributed by atoms with Gasteiger partial charge in [-0.3, -0.25) is 9.20 Å². The number of halogens is 27.